The first kappa shape index (κ1) is 17.4. The number of hydrogen-bond acceptors (Lipinski definition) is 3. The Balaban J connectivity index is 2.76. The van der Waals surface area contributed by atoms with Crippen molar-refractivity contribution in [1.29, 1.82) is 0 Å². The molecule has 0 saturated heterocycles. The molecule has 116 valence electrons. The molecule has 0 atom stereocenters. The van der Waals surface area contributed by atoms with Gasteiger partial charge in [0.25, 0.3) is 0 Å². The van der Waals surface area contributed by atoms with E-state index < -0.39 is 10.0 Å². The molecule has 0 aliphatic rings. The highest BCUT2D eigenvalue weighted by Gasteiger charge is 2.10. The van der Waals surface area contributed by atoms with Crippen LogP contribution in [-0.4, -0.2) is 39.9 Å². The maximum atomic E-state index is 11.9. The quantitative estimate of drug-likeness (QED) is 0.814. The second-order valence-corrected chi connectivity index (χ2v) is 7.11. The van der Waals surface area contributed by atoms with Gasteiger partial charge in [-0.1, -0.05) is 26.0 Å². The van der Waals surface area contributed by atoms with Crippen LogP contribution in [0, 0.1) is 5.92 Å². The van der Waals surface area contributed by atoms with E-state index in [1.165, 1.54) is 25.3 Å². The lowest BCUT2D eigenvalue weighted by molar-refractivity contribution is -0.125. The third-order valence-corrected chi connectivity index (χ3v) is 4.32. The van der Waals surface area contributed by atoms with E-state index in [2.05, 4.69) is 18.6 Å². The molecule has 21 heavy (non-hydrogen) atoms. The minimum atomic E-state index is -3.42. The molecule has 1 N–H and O–H groups in total. The summed E-state index contributed by atoms with van der Waals surface area (Å²) in [5.41, 5.74) is 0.774. The Morgan fingerprint density at radius 3 is 2.33 bits per heavy atom. The van der Waals surface area contributed by atoms with E-state index in [0.717, 1.165) is 5.56 Å². The summed E-state index contributed by atoms with van der Waals surface area (Å²) in [6, 6.07) is 6.34. The number of benzene rings is 1. The number of amides is 1. The minimum Gasteiger partial charge on any atom is -0.342 e. The van der Waals surface area contributed by atoms with Crippen LogP contribution in [0.15, 0.2) is 35.2 Å². The molecule has 1 aromatic rings. The molecule has 1 aromatic carbocycles. The molecule has 0 bridgehead atoms. The average molecular weight is 310 g/mol. The van der Waals surface area contributed by atoms with Gasteiger partial charge >= 0.3 is 0 Å². The summed E-state index contributed by atoms with van der Waals surface area (Å²) in [5.74, 6) is 0.342. The van der Waals surface area contributed by atoms with E-state index in [1.807, 2.05) is 0 Å². The number of nitrogens with zero attached hydrogens (tertiary/aromatic N) is 1. The Morgan fingerprint density at radius 1 is 1.29 bits per heavy atom. The van der Waals surface area contributed by atoms with Gasteiger partial charge in [0.2, 0.25) is 15.9 Å². The molecule has 1 amide bonds. The lowest BCUT2D eigenvalue weighted by Crippen LogP contribution is -2.28. The predicted molar refractivity (Wildman–Crippen MR) is 84.2 cm³/mol. The Labute approximate surface area is 126 Å². The van der Waals surface area contributed by atoms with Crippen LogP contribution in [0.25, 0.3) is 6.08 Å². The maximum absolute atomic E-state index is 11.9. The van der Waals surface area contributed by atoms with E-state index in [0.29, 0.717) is 12.5 Å². The van der Waals surface area contributed by atoms with Crippen molar-refractivity contribution in [1.82, 2.24) is 9.62 Å². The SMILES string of the molecule is CNS(=O)(=O)c1ccc(C=CC(=O)N(C)CC(C)C)cc1. The zero-order valence-electron chi connectivity index (χ0n) is 12.8. The molecular weight excluding hydrogens is 288 g/mol. The Bertz CT molecular complexity index is 604. The summed E-state index contributed by atoms with van der Waals surface area (Å²) in [7, 11) is -0.296. The zero-order valence-corrected chi connectivity index (χ0v) is 13.6. The zero-order chi connectivity index (χ0) is 16.0. The van der Waals surface area contributed by atoms with E-state index in [1.54, 1.807) is 30.2 Å². The normalized spacial score (nSPS) is 12.0. The van der Waals surface area contributed by atoms with Crippen molar-refractivity contribution in [2.45, 2.75) is 18.7 Å². The number of carbonyl (C=O) groups excluding carboxylic acids is 1. The Hall–Kier alpha value is -1.66. The number of sulfonamides is 1. The van der Waals surface area contributed by atoms with Gasteiger partial charge in [-0.25, -0.2) is 13.1 Å². The molecule has 6 heteroatoms. The molecule has 0 unspecified atom stereocenters. The fourth-order valence-electron chi connectivity index (χ4n) is 1.81. The topological polar surface area (TPSA) is 66.5 Å². The van der Waals surface area contributed by atoms with Crippen LogP contribution in [0.4, 0.5) is 0 Å². The van der Waals surface area contributed by atoms with Crippen LogP contribution in [0.2, 0.25) is 0 Å². The van der Waals surface area contributed by atoms with Crippen LogP contribution < -0.4 is 4.72 Å². The van der Waals surface area contributed by atoms with Gasteiger partial charge in [-0.2, -0.15) is 0 Å². The maximum Gasteiger partial charge on any atom is 0.246 e. The second-order valence-electron chi connectivity index (χ2n) is 5.22. The first-order chi connectivity index (χ1) is 9.76. The van der Waals surface area contributed by atoms with Gasteiger partial charge < -0.3 is 4.90 Å². The number of rotatable bonds is 6. The first-order valence-corrected chi connectivity index (χ1v) is 8.21. The van der Waals surface area contributed by atoms with E-state index in [-0.39, 0.29) is 10.8 Å². The highest BCUT2D eigenvalue weighted by atomic mass is 32.2. The van der Waals surface area contributed by atoms with Gasteiger partial charge in [0.1, 0.15) is 0 Å². The summed E-state index contributed by atoms with van der Waals surface area (Å²) in [5, 5.41) is 0. The van der Waals surface area contributed by atoms with Crippen LogP contribution in [0.3, 0.4) is 0 Å². The first-order valence-electron chi connectivity index (χ1n) is 6.73. The van der Waals surface area contributed by atoms with Gasteiger partial charge in [0.05, 0.1) is 4.90 Å². The fraction of sp³-hybridized carbons (Fsp3) is 0.400. The molecule has 0 aromatic heterocycles. The highest BCUT2D eigenvalue weighted by molar-refractivity contribution is 7.89. The van der Waals surface area contributed by atoms with Crippen molar-refractivity contribution in [2.75, 3.05) is 20.6 Å². The van der Waals surface area contributed by atoms with Gasteiger partial charge in [-0.05, 0) is 36.7 Å². The lowest BCUT2D eigenvalue weighted by atomic mass is 10.2. The molecule has 1 rings (SSSR count). The van der Waals surface area contributed by atoms with Crippen LogP contribution in [0.5, 0.6) is 0 Å². The Morgan fingerprint density at radius 2 is 1.86 bits per heavy atom. The van der Waals surface area contributed by atoms with Crippen molar-refractivity contribution in [2.24, 2.45) is 5.92 Å². The lowest BCUT2D eigenvalue weighted by Gasteiger charge is -2.17. The number of carbonyl (C=O) groups is 1. The van der Waals surface area contributed by atoms with E-state index in [9.17, 15) is 13.2 Å². The third kappa shape index (κ3) is 5.32. The summed E-state index contributed by atoms with van der Waals surface area (Å²) < 4.78 is 25.4. The number of likely N-dealkylation sites (N-methyl/N-ethyl adjacent to an activating group) is 1. The van der Waals surface area contributed by atoms with Crippen LogP contribution in [0.1, 0.15) is 19.4 Å². The van der Waals surface area contributed by atoms with E-state index in [4.69, 9.17) is 0 Å². The molecular formula is C15H22N2O3S. The summed E-state index contributed by atoms with van der Waals surface area (Å²) in [6.45, 7) is 4.80. The molecule has 5 nitrogen and oxygen atoms in total. The predicted octanol–water partition coefficient (Wildman–Crippen LogP) is 1.72. The van der Waals surface area contributed by atoms with Crippen LogP contribution in [-0.2, 0) is 14.8 Å². The van der Waals surface area contributed by atoms with Crippen molar-refractivity contribution in [3.05, 3.63) is 35.9 Å². The molecule has 0 radical (unpaired) electrons. The van der Waals surface area contributed by atoms with Crippen molar-refractivity contribution < 1.29 is 13.2 Å². The summed E-state index contributed by atoms with van der Waals surface area (Å²) in [4.78, 5) is 13.7. The Kier molecular flexibility index (Phi) is 6.11. The number of hydrogen-bond donors (Lipinski definition) is 1. The molecule has 0 aliphatic heterocycles. The average Bonchev–Trinajstić information content (AvgIpc) is 2.44. The van der Waals surface area contributed by atoms with Crippen molar-refractivity contribution in [3.8, 4) is 0 Å². The van der Waals surface area contributed by atoms with Gasteiger partial charge in [-0.3, -0.25) is 4.79 Å². The summed E-state index contributed by atoms with van der Waals surface area (Å²) >= 11 is 0. The molecule has 0 fully saturated rings. The van der Waals surface area contributed by atoms with Crippen molar-refractivity contribution in [3.63, 3.8) is 0 Å². The van der Waals surface area contributed by atoms with Gasteiger partial charge in [0.15, 0.2) is 0 Å². The largest absolute Gasteiger partial charge is 0.342 e. The number of nitrogens with one attached hydrogen (secondary N) is 1. The molecule has 0 heterocycles. The third-order valence-electron chi connectivity index (χ3n) is 2.89. The smallest absolute Gasteiger partial charge is 0.246 e. The molecule has 0 aliphatic carbocycles. The van der Waals surface area contributed by atoms with E-state index >= 15 is 0 Å². The van der Waals surface area contributed by atoms with Gasteiger partial charge in [0, 0.05) is 19.7 Å². The minimum absolute atomic E-state index is 0.0735. The standard InChI is InChI=1S/C15H22N2O3S/c1-12(2)11-17(4)15(18)10-7-13-5-8-14(9-6-13)21(19,20)16-3/h5-10,12,16H,11H2,1-4H3. The molecule has 0 spiro atoms. The second kappa shape index (κ2) is 7.38. The fourth-order valence-corrected chi connectivity index (χ4v) is 2.54. The molecule has 0 saturated carbocycles. The van der Waals surface area contributed by atoms with Gasteiger partial charge in [-0.15, -0.1) is 0 Å². The van der Waals surface area contributed by atoms with Crippen molar-refractivity contribution >= 4 is 22.0 Å². The summed E-state index contributed by atoms with van der Waals surface area (Å²) in [6.07, 6.45) is 3.17. The highest BCUT2D eigenvalue weighted by Crippen LogP contribution is 2.11. The monoisotopic (exact) mass is 310 g/mol. The van der Waals surface area contributed by atoms with Crippen LogP contribution >= 0.6 is 0 Å².